The highest BCUT2D eigenvalue weighted by molar-refractivity contribution is 5.72. The first-order valence-corrected chi connectivity index (χ1v) is 5.81. The smallest absolute Gasteiger partial charge is 0.0580 e. The molecule has 1 nitrogen and oxygen atoms in total. The minimum absolute atomic E-state index is 0.107. The first kappa shape index (κ1) is 9.17. The standard InChI is InChI=1S/C14H16O/c15-12-7-8-14-11(9-12)6-5-10-3-1-2-4-13(10)14/h1-4,8,11-12,15H,5-7,9H2/t11-,12-/m0/s1. The minimum Gasteiger partial charge on any atom is -0.393 e. The second kappa shape index (κ2) is 3.49. The maximum atomic E-state index is 9.65. The van der Waals surface area contributed by atoms with Gasteiger partial charge < -0.3 is 5.11 Å². The molecule has 0 unspecified atom stereocenters. The van der Waals surface area contributed by atoms with Crippen molar-refractivity contribution >= 4 is 5.57 Å². The zero-order valence-electron chi connectivity index (χ0n) is 8.82. The first-order chi connectivity index (χ1) is 7.34. The third-order valence-electron chi connectivity index (χ3n) is 3.70. The Morgan fingerprint density at radius 1 is 1.20 bits per heavy atom. The highest BCUT2D eigenvalue weighted by Crippen LogP contribution is 2.40. The van der Waals surface area contributed by atoms with Gasteiger partial charge in [0, 0.05) is 0 Å². The number of fused-ring (bicyclic) bond motifs is 3. The van der Waals surface area contributed by atoms with E-state index in [1.165, 1.54) is 29.5 Å². The summed E-state index contributed by atoms with van der Waals surface area (Å²) in [6.45, 7) is 0. The van der Waals surface area contributed by atoms with Crippen LogP contribution in [0.5, 0.6) is 0 Å². The van der Waals surface area contributed by atoms with Gasteiger partial charge in [0.25, 0.3) is 0 Å². The predicted octanol–water partition coefficient (Wildman–Crippen LogP) is 2.79. The van der Waals surface area contributed by atoms with E-state index >= 15 is 0 Å². The summed E-state index contributed by atoms with van der Waals surface area (Å²) in [4.78, 5) is 0. The van der Waals surface area contributed by atoms with Gasteiger partial charge in [-0.3, -0.25) is 0 Å². The lowest BCUT2D eigenvalue weighted by atomic mass is 9.74. The Bertz CT molecular complexity index is 406. The van der Waals surface area contributed by atoms with Crippen molar-refractivity contribution in [3.8, 4) is 0 Å². The second-order valence-electron chi connectivity index (χ2n) is 4.68. The van der Waals surface area contributed by atoms with Crippen LogP contribution in [-0.4, -0.2) is 11.2 Å². The summed E-state index contributed by atoms with van der Waals surface area (Å²) in [5.41, 5.74) is 4.40. The summed E-state index contributed by atoms with van der Waals surface area (Å²) < 4.78 is 0. The third-order valence-corrected chi connectivity index (χ3v) is 3.70. The van der Waals surface area contributed by atoms with E-state index in [2.05, 4.69) is 30.3 Å². The number of hydrogen-bond donors (Lipinski definition) is 1. The number of aliphatic hydroxyl groups excluding tert-OH is 1. The molecule has 1 aromatic rings. The molecule has 0 amide bonds. The van der Waals surface area contributed by atoms with Crippen LogP contribution in [0.2, 0.25) is 0 Å². The lowest BCUT2D eigenvalue weighted by Gasteiger charge is -2.32. The summed E-state index contributed by atoms with van der Waals surface area (Å²) in [5.74, 6) is 0.601. The summed E-state index contributed by atoms with van der Waals surface area (Å²) in [6, 6.07) is 8.70. The van der Waals surface area contributed by atoms with Gasteiger partial charge in [-0.05, 0) is 48.3 Å². The minimum atomic E-state index is -0.107. The van der Waals surface area contributed by atoms with Crippen LogP contribution in [0.15, 0.2) is 30.3 Å². The average Bonchev–Trinajstić information content (AvgIpc) is 2.28. The van der Waals surface area contributed by atoms with Crippen LogP contribution in [-0.2, 0) is 6.42 Å². The van der Waals surface area contributed by atoms with E-state index in [1.54, 1.807) is 0 Å². The predicted molar refractivity (Wildman–Crippen MR) is 61.5 cm³/mol. The number of allylic oxidation sites excluding steroid dienone is 1. The molecule has 0 heterocycles. The average molecular weight is 200 g/mol. The van der Waals surface area contributed by atoms with E-state index in [1.807, 2.05) is 0 Å². The highest BCUT2D eigenvalue weighted by atomic mass is 16.3. The Morgan fingerprint density at radius 3 is 3.00 bits per heavy atom. The quantitative estimate of drug-likeness (QED) is 0.682. The van der Waals surface area contributed by atoms with E-state index in [-0.39, 0.29) is 6.10 Å². The summed E-state index contributed by atoms with van der Waals surface area (Å²) in [5, 5.41) is 9.65. The van der Waals surface area contributed by atoms with E-state index < -0.39 is 0 Å². The number of aliphatic hydroxyl groups is 1. The van der Waals surface area contributed by atoms with Gasteiger partial charge in [0.15, 0.2) is 0 Å². The Kier molecular flexibility index (Phi) is 2.14. The van der Waals surface area contributed by atoms with Crippen LogP contribution >= 0.6 is 0 Å². The molecule has 0 radical (unpaired) electrons. The van der Waals surface area contributed by atoms with E-state index in [9.17, 15) is 5.11 Å². The second-order valence-corrected chi connectivity index (χ2v) is 4.68. The SMILES string of the molecule is O[C@H]1CC=C2c3ccccc3CC[C@H]2C1. The van der Waals surface area contributed by atoms with Gasteiger partial charge in [0.1, 0.15) is 0 Å². The molecule has 0 saturated heterocycles. The molecule has 0 aliphatic heterocycles. The maximum Gasteiger partial charge on any atom is 0.0580 e. The van der Waals surface area contributed by atoms with Crippen LogP contribution in [0.1, 0.15) is 30.4 Å². The lowest BCUT2D eigenvalue weighted by molar-refractivity contribution is 0.147. The van der Waals surface area contributed by atoms with E-state index in [0.717, 1.165) is 12.8 Å². The molecular formula is C14H16O. The van der Waals surface area contributed by atoms with Crippen LogP contribution in [0.4, 0.5) is 0 Å². The third kappa shape index (κ3) is 1.51. The molecular weight excluding hydrogens is 184 g/mol. The molecule has 15 heavy (non-hydrogen) atoms. The highest BCUT2D eigenvalue weighted by Gasteiger charge is 2.28. The maximum absolute atomic E-state index is 9.65. The van der Waals surface area contributed by atoms with Gasteiger partial charge in [0.2, 0.25) is 0 Å². The normalized spacial score (nSPS) is 29.0. The summed E-state index contributed by atoms with van der Waals surface area (Å²) in [6.07, 6.45) is 6.31. The Balaban J connectivity index is 2.06. The first-order valence-electron chi connectivity index (χ1n) is 5.81. The molecule has 0 saturated carbocycles. The Morgan fingerprint density at radius 2 is 2.07 bits per heavy atom. The molecule has 3 rings (SSSR count). The number of hydrogen-bond acceptors (Lipinski definition) is 1. The Labute approximate surface area is 90.4 Å². The van der Waals surface area contributed by atoms with E-state index in [0.29, 0.717) is 5.92 Å². The fourth-order valence-electron chi connectivity index (χ4n) is 2.93. The topological polar surface area (TPSA) is 20.2 Å². The molecule has 0 fully saturated rings. The van der Waals surface area contributed by atoms with Gasteiger partial charge >= 0.3 is 0 Å². The summed E-state index contributed by atoms with van der Waals surface area (Å²) >= 11 is 0. The zero-order chi connectivity index (χ0) is 10.3. The molecule has 0 aromatic heterocycles. The van der Waals surface area contributed by atoms with Crippen molar-refractivity contribution in [3.05, 3.63) is 41.5 Å². The molecule has 1 aromatic carbocycles. The van der Waals surface area contributed by atoms with E-state index in [4.69, 9.17) is 0 Å². The van der Waals surface area contributed by atoms with Crippen molar-refractivity contribution in [2.24, 2.45) is 5.92 Å². The Hall–Kier alpha value is -1.08. The zero-order valence-corrected chi connectivity index (χ0v) is 8.82. The monoisotopic (exact) mass is 200 g/mol. The molecule has 2 atom stereocenters. The largest absolute Gasteiger partial charge is 0.393 e. The van der Waals surface area contributed by atoms with Crippen LogP contribution in [0.25, 0.3) is 5.57 Å². The fraction of sp³-hybridized carbons (Fsp3) is 0.429. The van der Waals surface area contributed by atoms with Gasteiger partial charge in [-0.2, -0.15) is 0 Å². The van der Waals surface area contributed by atoms with Gasteiger partial charge in [-0.1, -0.05) is 30.3 Å². The number of benzene rings is 1. The van der Waals surface area contributed by atoms with Gasteiger partial charge in [0.05, 0.1) is 6.10 Å². The van der Waals surface area contributed by atoms with Crippen LogP contribution in [0, 0.1) is 5.92 Å². The fourth-order valence-corrected chi connectivity index (χ4v) is 2.93. The van der Waals surface area contributed by atoms with Crippen molar-refractivity contribution in [1.29, 1.82) is 0 Å². The molecule has 0 bridgehead atoms. The molecule has 2 aliphatic rings. The van der Waals surface area contributed by atoms with Crippen molar-refractivity contribution in [1.82, 2.24) is 0 Å². The van der Waals surface area contributed by atoms with Crippen LogP contribution < -0.4 is 0 Å². The molecule has 1 N–H and O–H groups in total. The lowest BCUT2D eigenvalue weighted by Crippen LogP contribution is -2.23. The van der Waals surface area contributed by atoms with Crippen molar-refractivity contribution < 1.29 is 5.11 Å². The van der Waals surface area contributed by atoms with Gasteiger partial charge in [-0.15, -0.1) is 0 Å². The summed E-state index contributed by atoms with van der Waals surface area (Å²) in [7, 11) is 0. The number of rotatable bonds is 0. The number of aryl methyl sites for hydroxylation is 1. The molecule has 78 valence electrons. The van der Waals surface area contributed by atoms with Crippen molar-refractivity contribution in [2.75, 3.05) is 0 Å². The molecule has 0 spiro atoms. The van der Waals surface area contributed by atoms with Gasteiger partial charge in [-0.25, -0.2) is 0 Å². The molecule has 1 heteroatoms. The molecule has 2 aliphatic carbocycles. The van der Waals surface area contributed by atoms with Crippen molar-refractivity contribution in [3.63, 3.8) is 0 Å². The van der Waals surface area contributed by atoms with Crippen molar-refractivity contribution in [2.45, 2.75) is 31.8 Å². The van der Waals surface area contributed by atoms with Crippen LogP contribution in [0.3, 0.4) is 0 Å².